The zero-order valence-corrected chi connectivity index (χ0v) is 12.2. The second kappa shape index (κ2) is 7.21. The first-order valence-corrected chi connectivity index (χ1v) is 7.33. The number of rotatable bonds is 7. The van der Waals surface area contributed by atoms with Crippen molar-refractivity contribution in [1.29, 1.82) is 0 Å². The quantitative estimate of drug-likeness (QED) is 0.469. The first kappa shape index (κ1) is 17.5. The fourth-order valence-electron chi connectivity index (χ4n) is 1.34. The maximum Gasteiger partial charge on any atom is 0.401 e. The van der Waals surface area contributed by atoms with Crippen molar-refractivity contribution in [3.8, 4) is 0 Å². The van der Waals surface area contributed by atoms with Gasteiger partial charge in [-0.1, -0.05) is 0 Å². The summed E-state index contributed by atoms with van der Waals surface area (Å²) in [7, 11) is -4.55. The molecule has 0 spiro atoms. The van der Waals surface area contributed by atoms with Gasteiger partial charge >= 0.3 is 13.7 Å². The van der Waals surface area contributed by atoms with Crippen molar-refractivity contribution in [2.75, 3.05) is 0 Å². The molecule has 18 heavy (non-hydrogen) atoms. The fourth-order valence-corrected chi connectivity index (χ4v) is 2.02. The third kappa shape index (κ3) is 7.79. The van der Waals surface area contributed by atoms with E-state index >= 15 is 0 Å². The Morgan fingerprint density at radius 3 is 1.94 bits per heavy atom. The second-order valence-electron chi connectivity index (χ2n) is 4.53. The lowest BCUT2D eigenvalue weighted by Crippen LogP contribution is -2.46. The molecule has 0 aromatic heterocycles. The molecule has 0 radical (unpaired) electrons. The van der Waals surface area contributed by atoms with E-state index in [2.05, 4.69) is 0 Å². The predicted octanol–water partition coefficient (Wildman–Crippen LogP) is 0.802. The first-order chi connectivity index (χ1) is 8.03. The molecule has 7 nitrogen and oxygen atoms in total. The smallest absolute Gasteiger partial charge is 0.401 e. The number of hydrogen-bond donors (Lipinski definition) is 3. The monoisotopic (exact) mass is 283 g/mol. The second-order valence-corrected chi connectivity index (χ2v) is 5.87. The summed E-state index contributed by atoms with van der Waals surface area (Å²) in [4.78, 5) is 29.5. The van der Waals surface area contributed by atoms with Crippen LogP contribution in [0.25, 0.3) is 0 Å². The Hall–Kier alpha value is -0.460. The Morgan fingerprint density at radius 2 is 1.61 bits per heavy atom. The van der Waals surface area contributed by atoms with E-state index < -0.39 is 25.9 Å². The molecule has 0 aliphatic carbocycles. The van der Waals surface area contributed by atoms with Crippen LogP contribution in [0.3, 0.4) is 0 Å². The molecule has 2 atom stereocenters. The average Bonchev–Trinajstić information content (AvgIpc) is 2.09. The van der Waals surface area contributed by atoms with Gasteiger partial charge in [-0.25, -0.2) is 9.65 Å². The van der Waals surface area contributed by atoms with Gasteiger partial charge < -0.3 is 19.3 Å². The molecule has 3 N–H and O–H groups in total. The lowest BCUT2D eigenvalue weighted by Gasteiger charge is -2.26. The Balaban J connectivity index is 4.81. The summed E-state index contributed by atoms with van der Waals surface area (Å²) in [5, 5.41) is 1.93. The lowest BCUT2D eigenvalue weighted by atomic mass is 10.2. The molecule has 0 amide bonds. The Kier molecular flexibility index (Phi) is 7.02. The highest BCUT2D eigenvalue weighted by atomic mass is 31.2. The van der Waals surface area contributed by atoms with E-state index in [9.17, 15) is 9.36 Å². The van der Waals surface area contributed by atoms with Crippen LogP contribution in [0.1, 0.15) is 34.6 Å². The minimum Gasteiger partial charge on any atom is -0.462 e. The minimum absolute atomic E-state index is 0.173. The molecule has 0 aromatic rings. The van der Waals surface area contributed by atoms with Crippen LogP contribution >= 0.6 is 7.75 Å². The number of ether oxygens (including phenoxy) is 2. The summed E-state index contributed by atoms with van der Waals surface area (Å²) in [6.07, 6.45) is -1.26. The van der Waals surface area contributed by atoms with E-state index in [0.29, 0.717) is 0 Å². The number of esters is 1. The normalized spacial score (nSPS) is 15.8. The van der Waals surface area contributed by atoms with Crippen LogP contribution in [-0.2, 0) is 18.8 Å². The minimum atomic E-state index is -4.55. The molecular weight excluding hydrogens is 261 g/mol. The van der Waals surface area contributed by atoms with Crippen LogP contribution in [0.5, 0.6) is 0 Å². The van der Waals surface area contributed by atoms with Gasteiger partial charge in [-0.05, 0) is 34.6 Å². The first-order valence-electron chi connectivity index (χ1n) is 5.72. The summed E-state index contributed by atoms with van der Waals surface area (Å²) >= 11 is 0. The van der Waals surface area contributed by atoms with Crippen molar-refractivity contribution in [2.24, 2.45) is 0 Å². The van der Waals surface area contributed by atoms with Crippen LogP contribution < -0.4 is 5.09 Å². The molecule has 0 rings (SSSR count). The third-order valence-electron chi connectivity index (χ3n) is 1.87. The molecule has 0 saturated carbocycles. The molecule has 0 aliphatic rings. The van der Waals surface area contributed by atoms with Gasteiger partial charge in [0.25, 0.3) is 0 Å². The number of carbonyl (C=O) groups excluding carboxylic acids is 1. The van der Waals surface area contributed by atoms with Crippen molar-refractivity contribution in [3.05, 3.63) is 0 Å². The summed E-state index contributed by atoms with van der Waals surface area (Å²) in [5.41, 5.74) is 0. The molecule has 0 bridgehead atoms. The molecule has 0 aliphatic heterocycles. The molecule has 0 unspecified atom stereocenters. The maximum absolute atomic E-state index is 11.7. The van der Waals surface area contributed by atoms with Gasteiger partial charge in [-0.2, -0.15) is 0 Å². The van der Waals surface area contributed by atoms with E-state index in [-0.39, 0.29) is 12.2 Å². The average molecular weight is 283 g/mol. The van der Waals surface area contributed by atoms with Crippen molar-refractivity contribution in [3.63, 3.8) is 0 Å². The van der Waals surface area contributed by atoms with Gasteiger partial charge in [0.05, 0.1) is 18.3 Å². The van der Waals surface area contributed by atoms with Crippen LogP contribution in [0.4, 0.5) is 0 Å². The molecule has 0 saturated heterocycles. The van der Waals surface area contributed by atoms with Crippen LogP contribution in [-0.4, -0.2) is 40.1 Å². The van der Waals surface area contributed by atoms with Crippen molar-refractivity contribution in [1.82, 2.24) is 5.09 Å². The highest BCUT2D eigenvalue weighted by Crippen LogP contribution is 2.30. The summed E-state index contributed by atoms with van der Waals surface area (Å²) in [6, 6.07) is -1.21. The predicted molar refractivity (Wildman–Crippen MR) is 65.9 cm³/mol. The van der Waals surface area contributed by atoms with Gasteiger partial charge in [0.15, 0.2) is 0 Å². The van der Waals surface area contributed by atoms with Crippen molar-refractivity contribution < 1.29 is 28.6 Å². The Morgan fingerprint density at radius 1 is 1.11 bits per heavy atom. The summed E-state index contributed by atoms with van der Waals surface area (Å²) in [6.45, 7) is 8.38. The number of carbonyl (C=O) groups is 1. The Bertz CT molecular complexity index is 313. The molecule has 0 aromatic carbocycles. The van der Waals surface area contributed by atoms with E-state index in [4.69, 9.17) is 19.3 Å². The van der Waals surface area contributed by atoms with E-state index in [1.54, 1.807) is 34.6 Å². The summed E-state index contributed by atoms with van der Waals surface area (Å²) < 4.78 is 21.2. The summed E-state index contributed by atoms with van der Waals surface area (Å²) in [5.74, 6) is -0.749. The zero-order chi connectivity index (χ0) is 14.5. The fraction of sp³-hybridized carbons (Fsp3) is 0.900. The van der Waals surface area contributed by atoms with E-state index in [1.165, 1.54) is 0 Å². The molecule has 108 valence electrons. The van der Waals surface area contributed by atoms with E-state index in [1.807, 2.05) is 5.09 Å². The van der Waals surface area contributed by atoms with Gasteiger partial charge in [-0.15, -0.1) is 0 Å². The largest absolute Gasteiger partial charge is 0.462 e. The third-order valence-corrected chi connectivity index (χ3v) is 2.48. The SMILES string of the molecule is CC(C)OC(=O)[C@@H](NP(=O)(O)O)[C@@H](C)OC(C)C. The molecular formula is C10H22NO6P. The highest BCUT2D eigenvalue weighted by molar-refractivity contribution is 7.49. The van der Waals surface area contributed by atoms with Crippen LogP contribution in [0.15, 0.2) is 0 Å². The van der Waals surface area contributed by atoms with E-state index in [0.717, 1.165) is 0 Å². The van der Waals surface area contributed by atoms with Gasteiger partial charge in [0.2, 0.25) is 0 Å². The number of nitrogens with one attached hydrogen (secondary N) is 1. The zero-order valence-electron chi connectivity index (χ0n) is 11.3. The molecule has 0 fully saturated rings. The van der Waals surface area contributed by atoms with Crippen molar-refractivity contribution >= 4 is 13.7 Å². The van der Waals surface area contributed by atoms with Gasteiger partial charge in [0, 0.05) is 0 Å². The van der Waals surface area contributed by atoms with Crippen molar-refractivity contribution in [2.45, 2.75) is 59.0 Å². The lowest BCUT2D eigenvalue weighted by molar-refractivity contribution is -0.154. The Labute approximate surface area is 107 Å². The molecule has 0 heterocycles. The maximum atomic E-state index is 11.7. The standard InChI is InChI=1S/C10H22NO6P/c1-6(2)16-8(5)9(11-18(13,14)15)10(12)17-7(3)4/h6-9H,1-5H3,(H3,11,13,14,15)/t8-,9+/m1/s1. The van der Waals surface area contributed by atoms with Gasteiger partial charge in [-0.3, -0.25) is 4.79 Å². The number of hydrogen-bond acceptors (Lipinski definition) is 4. The van der Waals surface area contributed by atoms with Gasteiger partial charge in [0.1, 0.15) is 6.04 Å². The topological polar surface area (TPSA) is 105 Å². The van der Waals surface area contributed by atoms with Crippen LogP contribution in [0, 0.1) is 0 Å². The van der Waals surface area contributed by atoms with Crippen LogP contribution in [0.2, 0.25) is 0 Å². The molecule has 8 heteroatoms. The highest BCUT2D eigenvalue weighted by Gasteiger charge is 2.33.